The van der Waals surface area contributed by atoms with Crippen molar-refractivity contribution in [1.82, 2.24) is 40.8 Å². The van der Waals surface area contributed by atoms with Crippen LogP contribution in [0.5, 0.6) is 0 Å². The Morgan fingerprint density at radius 3 is 0.820 bits per heavy atom. The molecule has 0 amide bonds. The molecule has 0 atom stereocenters. The van der Waals surface area contributed by atoms with Gasteiger partial charge in [-0.05, 0) is 45.0 Å². The SMILES string of the molecule is C.C.C.CC.CC.CC.CC.CC.CC=O.CCBr.CCC(C)=O.CCOC(C)=O.[HH].c1cn[nH]c1.c1cn[nH]c1.c1cn[nH]c1.c1cn[nH]c1. The molecule has 4 heterocycles. The molecule has 13 heteroatoms. The van der Waals surface area contributed by atoms with Crippen molar-refractivity contribution < 1.29 is 20.5 Å². The number of nitrogens with one attached hydrogen (secondary N) is 4. The predicted molar refractivity (Wildman–Crippen MR) is 228 cm³/mol. The first kappa shape index (κ1) is 80.7. The van der Waals surface area contributed by atoms with E-state index in [1.807, 2.05) is 107 Å². The first-order chi connectivity index (χ1) is 22.9. The van der Waals surface area contributed by atoms with Gasteiger partial charge >= 0.3 is 5.97 Å². The van der Waals surface area contributed by atoms with Crippen LogP contribution in [0.1, 0.15) is 141 Å². The fraction of sp³-hybridized carbons (Fsp3) is 0.595. The summed E-state index contributed by atoms with van der Waals surface area (Å²) < 4.78 is 4.40. The molecule has 12 nitrogen and oxygen atoms in total. The summed E-state index contributed by atoms with van der Waals surface area (Å²) in [6.45, 7) is 30.6. The molecule has 50 heavy (non-hydrogen) atoms. The number of Topliss-reactive ketones (excluding diaryl/α,β-unsaturated/α-hetero) is 1. The number of hydrogen-bond acceptors (Lipinski definition) is 8. The van der Waals surface area contributed by atoms with E-state index in [0.29, 0.717) is 13.0 Å². The van der Waals surface area contributed by atoms with E-state index >= 15 is 0 Å². The van der Waals surface area contributed by atoms with Crippen LogP contribution in [0, 0.1) is 0 Å². The van der Waals surface area contributed by atoms with Gasteiger partial charge in [0.25, 0.3) is 0 Å². The van der Waals surface area contributed by atoms with Crippen LogP contribution in [0.2, 0.25) is 0 Å². The summed E-state index contributed by atoms with van der Waals surface area (Å²) in [5, 5.41) is 25.9. The van der Waals surface area contributed by atoms with Crippen LogP contribution in [0.4, 0.5) is 0 Å². The topological polar surface area (TPSA) is 175 Å². The molecule has 0 saturated carbocycles. The van der Waals surface area contributed by atoms with Gasteiger partial charge in [-0.1, -0.05) is 121 Å². The minimum atomic E-state index is -0.211. The molecular weight excluding hydrogens is 700 g/mol. The molecule has 4 N–H and O–H groups in total. The van der Waals surface area contributed by atoms with Crippen LogP contribution in [0.25, 0.3) is 0 Å². The van der Waals surface area contributed by atoms with Crippen molar-refractivity contribution in [1.29, 1.82) is 0 Å². The Hall–Kier alpha value is -3.87. The normalized spacial score (nSPS) is 6.10. The van der Waals surface area contributed by atoms with Crippen LogP contribution in [-0.4, -0.2) is 70.8 Å². The molecule has 4 rings (SSSR count). The molecule has 4 aromatic rings. The number of aromatic nitrogens is 8. The maximum Gasteiger partial charge on any atom is 0.302 e. The molecule has 0 radical (unpaired) electrons. The van der Waals surface area contributed by atoms with Gasteiger partial charge in [-0.15, -0.1) is 0 Å². The maximum atomic E-state index is 9.82. The molecule has 0 fully saturated rings. The van der Waals surface area contributed by atoms with E-state index in [1.54, 1.807) is 63.4 Å². The Morgan fingerprint density at radius 1 is 0.620 bits per heavy atom. The number of aldehydes is 1. The minimum absolute atomic E-state index is 0. The van der Waals surface area contributed by atoms with Crippen molar-refractivity contribution in [3.05, 3.63) is 73.8 Å². The average Bonchev–Trinajstić information content (AvgIpc) is 3.97. The van der Waals surface area contributed by atoms with Crippen LogP contribution >= 0.6 is 15.9 Å². The number of aromatic amines is 4. The largest absolute Gasteiger partial charge is 0.466 e. The summed E-state index contributed by atoms with van der Waals surface area (Å²) in [5.41, 5.74) is 0. The van der Waals surface area contributed by atoms with Gasteiger partial charge in [0.2, 0.25) is 0 Å². The van der Waals surface area contributed by atoms with E-state index in [2.05, 4.69) is 61.5 Å². The second-order valence-electron chi connectivity index (χ2n) is 5.55. The molecule has 0 aliphatic rings. The van der Waals surface area contributed by atoms with Gasteiger partial charge in [0.1, 0.15) is 12.1 Å². The Bertz CT molecular complexity index is 666. The number of carbonyl (C=O) groups excluding carboxylic acids is 3. The number of carbonyl (C=O) groups is 3. The highest BCUT2D eigenvalue weighted by atomic mass is 79.9. The summed E-state index contributed by atoms with van der Waals surface area (Å²) in [5.74, 6) is 0.0440. The number of rotatable bonds is 2. The third kappa shape index (κ3) is 184. The molecule has 0 aromatic carbocycles. The molecule has 0 aliphatic carbocycles. The Morgan fingerprint density at radius 2 is 0.800 bits per heavy atom. The number of H-pyrrole nitrogens is 4. The zero-order valence-electron chi connectivity index (χ0n) is 32.4. The van der Waals surface area contributed by atoms with E-state index in [4.69, 9.17) is 4.79 Å². The van der Waals surface area contributed by atoms with Crippen molar-refractivity contribution >= 4 is 34.0 Å². The first-order valence-electron chi connectivity index (χ1n) is 16.2. The van der Waals surface area contributed by atoms with Crippen molar-refractivity contribution in [2.24, 2.45) is 0 Å². The Labute approximate surface area is 319 Å². The van der Waals surface area contributed by atoms with Crippen LogP contribution in [-0.2, 0) is 19.1 Å². The summed E-state index contributed by atoms with van der Waals surface area (Å²) in [6.07, 6.45) is 15.3. The van der Waals surface area contributed by atoms with E-state index in [0.717, 1.165) is 11.6 Å². The van der Waals surface area contributed by atoms with Gasteiger partial charge in [0.15, 0.2) is 0 Å². The van der Waals surface area contributed by atoms with Crippen LogP contribution in [0.3, 0.4) is 0 Å². The van der Waals surface area contributed by atoms with Gasteiger partial charge in [-0.3, -0.25) is 25.2 Å². The van der Waals surface area contributed by atoms with Gasteiger partial charge in [0, 0.05) is 69.7 Å². The lowest BCUT2D eigenvalue weighted by Crippen LogP contribution is -1.95. The average molecular weight is 786 g/mol. The zero-order chi connectivity index (χ0) is 38.8. The minimum Gasteiger partial charge on any atom is -0.466 e. The van der Waals surface area contributed by atoms with Gasteiger partial charge in [0.05, 0.1) is 6.61 Å². The second-order valence-corrected chi connectivity index (χ2v) is 6.67. The standard InChI is InChI=1S/C4H8O2.C4H8O.4C3H4N2.C2H5Br.C2H4O.5C2H6.3CH4.H2/c1-3-6-4(2)5;1-3-4(2)5;4*1-2-4-5-3-1;2*1-2-3;5*1-2;;;;/h3H2,1-2H3;3H2,1-2H3;4*1-3H,(H,4,5);2H2,1H3;2H,1H3;5*1-2H3;3*1H4;1H. The maximum absolute atomic E-state index is 9.82. The molecule has 4 aromatic heterocycles. The van der Waals surface area contributed by atoms with Crippen molar-refractivity contribution in [3.8, 4) is 0 Å². The third-order valence-corrected chi connectivity index (χ3v) is 2.47. The van der Waals surface area contributed by atoms with Gasteiger partial charge in [-0.2, -0.15) is 20.4 Å². The second kappa shape index (κ2) is 119. The quantitative estimate of drug-likeness (QED) is 0.0882. The highest BCUT2D eigenvalue weighted by Gasteiger charge is 1.81. The molecular formula is C37H85BrN8O4. The molecule has 0 saturated heterocycles. The van der Waals surface area contributed by atoms with Crippen molar-refractivity contribution in [2.75, 3.05) is 11.9 Å². The highest BCUT2D eigenvalue weighted by Crippen LogP contribution is 1.72. The smallest absolute Gasteiger partial charge is 0.302 e. The first-order valence-corrected chi connectivity index (χ1v) is 17.3. The fourth-order valence-corrected chi connectivity index (χ4v) is 1.06. The lowest BCUT2D eigenvalue weighted by atomic mass is 10.4. The Balaban J connectivity index is -0.0000000283. The van der Waals surface area contributed by atoms with Crippen LogP contribution < -0.4 is 0 Å². The third-order valence-electron chi connectivity index (χ3n) is 2.47. The number of ether oxygens (including phenoxy) is 1. The van der Waals surface area contributed by atoms with E-state index in [1.165, 1.54) is 13.8 Å². The number of ketones is 1. The summed E-state index contributed by atoms with van der Waals surface area (Å²) >= 11 is 3.15. The van der Waals surface area contributed by atoms with Crippen LogP contribution in [0.15, 0.2) is 73.8 Å². The number of nitrogens with zero attached hydrogens (tertiary/aromatic N) is 4. The summed E-state index contributed by atoms with van der Waals surface area (Å²) in [4.78, 5) is 28.4. The molecule has 0 bridgehead atoms. The van der Waals surface area contributed by atoms with E-state index < -0.39 is 0 Å². The lowest BCUT2D eigenvalue weighted by molar-refractivity contribution is -0.140. The number of halogens is 1. The van der Waals surface area contributed by atoms with Gasteiger partial charge in [-0.25, -0.2) is 0 Å². The van der Waals surface area contributed by atoms with Gasteiger partial charge < -0.3 is 14.3 Å². The number of alkyl halides is 1. The highest BCUT2D eigenvalue weighted by molar-refractivity contribution is 9.09. The molecule has 0 aliphatic heterocycles. The van der Waals surface area contributed by atoms with E-state index in [9.17, 15) is 9.59 Å². The molecule has 0 spiro atoms. The number of hydrogen-bond donors (Lipinski definition) is 4. The van der Waals surface area contributed by atoms with Crippen molar-refractivity contribution in [3.63, 3.8) is 0 Å². The molecule has 304 valence electrons. The summed E-state index contributed by atoms with van der Waals surface area (Å²) in [6, 6.07) is 7.33. The molecule has 0 unspecified atom stereocenters. The zero-order valence-corrected chi connectivity index (χ0v) is 34.0. The summed E-state index contributed by atoms with van der Waals surface area (Å²) in [7, 11) is 0. The predicted octanol–water partition coefficient (Wildman–Crippen LogP) is 12.1. The fourth-order valence-electron chi connectivity index (χ4n) is 1.06. The van der Waals surface area contributed by atoms with Crippen molar-refractivity contribution in [2.45, 2.75) is 139 Å². The number of esters is 1. The lowest BCUT2D eigenvalue weighted by Gasteiger charge is -1.89. The Kier molecular flexibility index (Phi) is 193. The van der Waals surface area contributed by atoms with E-state index in [-0.39, 0.29) is 35.5 Å². The monoisotopic (exact) mass is 785 g/mol.